The van der Waals surface area contributed by atoms with E-state index in [4.69, 9.17) is 21.2 Å². The molecule has 41 heavy (non-hydrogen) atoms. The summed E-state index contributed by atoms with van der Waals surface area (Å²) in [7, 11) is 1.61. The molecule has 1 aliphatic heterocycles. The molecule has 10 heteroatoms. The molecule has 0 fully saturated rings. The van der Waals surface area contributed by atoms with Gasteiger partial charge in [0.25, 0.3) is 5.91 Å². The molecule has 1 unspecified atom stereocenters. The van der Waals surface area contributed by atoms with Crippen molar-refractivity contribution in [2.75, 3.05) is 30.1 Å². The van der Waals surface area contributed by atoms with E-state index in [2.05, 4.69) is 10.3 Å². The van der Waals surface area contributed by atoms with Gasteiger partial charge in [0, 0.05) is 23.9 Å². The number of methoxy groups -OCH3 is 1. The smallest absolute Gasteiger partial charge is 0.250 e. The predicted molar refractivity (Wildman–Crippen MR) is 160 cm³/mol. The maximum Gasteiger partial charge on any atom is 0.250 e. The second-order valence-electron chi connectivity index (χ2n) is 9.98. The van der Waals surface area contributed by atoms with Crippen molar-refractivity contribution in [2.45, 2.75) is 37.9 Å². The molecule has 10 nitrogen and oxygen atoms in total. The van der Waals surface area contributed by atoms with Crippen LogP contribution in [0.15, 0.2) is 79.0 Å². The average Bonchev–Trinajstić information content (AvgIpc) is 3.01. The lowest BCUT2D eigenvalue weighted by molar-refractivity contribution is -0.119. The summed E-state index contributed by atoms with van der Waals surface area (Å²) in [5.74, 6) is 1.18. The third-order valence-electron chi connectivity index (χ3n) is 7.25. The van der Waals surface area contributed by atoms with Crippen LogP contribution in [0.1, 0.15) is 30.4 Å². The fourth-order valence-electron chi connectivity index (χ4n) is 5.04. The van der Waals surface area contributed by atoms with Crippen LogP contribution in [0, 0.1) is 0 Å². The molecule has 1 aliphatic carbocycles. The molecule has 0 saturated heterocycles. The number of rotatable bonds is 10. The van der Waals surface area contributed by atoms with E-state index in [1.54, 1.807) is 13.3 Å². The van der Waals surface area contributed by atoms with Gasteiger partial charge in [0.2, 0.25) is 5.95 Å². The highest BCUT2D eigenvalue weighted by molar-refractivity contribution is 6.26. The van der Waals surface area contributed by atoms with Crippen molar-refractivity contribution >= 4 is 34.7 Å². The molecule has 0 saturated carbocycles. The van der Waals surface area contributed by atoms with Gasteiger partial charge in [-0.1, -0.05) is 55.0 Å². The molecule has 1 amide bonds. The van der Waals surface area contributed by atoms with Crippen molar-refractivity contribution in [3.63, 3.8) is 0 Å². The van der Waals surface area contributed by atoms with Crippen LogP contribution in [-0.2, 0) is 16.1 Å². The highest BCUT2D eigenvalue weighted by atomic mass is 16.5. The van der Waals surface area contributed by atoms with Gasteiger partial charge in [0.1, 0.15) is 17.6 Å². The molecular weight excluding hydrogens is 518 g/mol. The van der Waals surface area contributed by atoms with Gasteiger partial charge in [0.15, 0.2) is 5.78 Å². The van der Waals surface area contributed by atoms with Crippen molar-refractivity contribution in [3.8, 4) is 5.75 Å². The quantitative estimate of drug-likeness (QED) is 0.323. The molecule has 0 radical (unpaired) electrons. The molecule has 2 atom stereocenters. The van der Waals surface area contributed by atoms with E-state index in [0.29, 0.717) is 43.3 Å². The van der Waals surface area contributed by atoms with Crippen LogP contribution in [0.2, 0.25) is 0 Å². The number of fused-ring (bicyclic) bond motifs is 1. The minimum Gasteiger partial charge on any atom is -0.497 e. The third kappa shape index (κ3) is 6.04. The Hall–Kier alpha value is -4.38. The number of hydrogen-bond acceptors (Lipinski definition) is 9. The van der Waals surface area contributed by atoms with Crippen molar-refractivity contribution < 1.29 is 14.3 Å². The Kier molecular flexibility index (Phi) is 8.83. The second kappa shape index (κ2) is 12.9. The number of amides is 1. The van der Waals surface area contributed by atoms with Gasteiger partial charge in [-0.2, -0.15) is 4.98 Å². The van der Waals surface area contributed by atoms with Crippen LogP contribution < -0.4 is 31.3 Å². The summed E-state index contributed by atoms with van der Waals surface area (Å²) >= 11 is 0. The van der Waals surface area contributed by atoms with E-state index in [-0.39, 0.29) is 17.6 Å². The van der Waals surface area contributed by atoms with E-state index in [9.17, 15) is 9.59 Å². The summed E-state index contributed by atoms with van der Waals surface area (Å²) in [4.78, 5) is 40.3. The number of hydrogen-bond donors (Lipinski definition) is 3. The van der Waals surface area contributed by atoms with Crippen LogP contribution >= 0.6 is 0 Å². The van der Waals surface area contributed by atoms with Crippen molar-refractivity contribution in [2.24, 2.45) is 11.5 Å². The lowest BCUT2D eigenvalue weighted by Gasteiger charge is -2.36. The Balaban J connectivity index is 1.47. The topological polar surface area (TPSA) is 140 Å². The van der Waals surface area contributed by atoms with Gasteiger partial charge in [0.05, 0.1) is 25.5 Å². The Morgan fingerprint density at radius 3 is 2.68 bits per heavy atom. The molecule has 3 aromatic rings. The molecule has 1 aromatic heterocycles. The number of allylic oxidation sites excluding steroid dienone is 2. The fourth-order valence-corrected chi connectivity index (χ4v) is 5.04. The van der Waals surface area contributed by atoms with Crippen LogP contribution in [-0.4, -0.2) is 54.1 Å². The zero-order valence-corrected chi connectivity index (χ0v) is 23.1. The number of carbonyl (C=O) groups is 2. The van der Waals surface area contributed by atoms with Crippen molar-refractivity contribution in [1.82, 2.24) is 15.3 Å². The van der Waals surface area contributed by atoms with Gasteiger partial charge in [-0.3, -0.25) is 14.9 Å². The molecule has 2 heterocycles. The summed E-state index contributed by atoms with van der Waals surface area (Å²) in [5.41, 5.74) is 14.8. The number of nitrogens with one attached hydrogen (secondary N) is 1. The molecule has 0 bridgehead atoms. The number of anilines is 3. The zero-order valence-electron chi connectivity index (χ0n) is 23.1. The maximum atomic E-state index is 13.8. The number of nitrogens with zero attached hydrogens (tertiary/aromatic N) is 4. The third-order valence-corrected chi connectivity index (χ3v) is 7.25. The normalized spacial score (nSPS) is 17.0. The number of aromatic nitrogens is 2. The monoisotopic (exact) mass is 553 g/mol. The molecule has 2 aliphatic rings. The number of para-hydroxylation sites is 1. The Morgan fingerprint density at radius 1 is 1.17 bits per heavy atom. The number of benzene rings is 2. The standard InChI is InChI=1S/C31H35N7O3/c1-41-24-15-13-21(14-16-24)25-10-7-12-27(28(25)39)37-20-34-18-22-19-35-31(36-29(22)37)38(23-8-3-2-4-9-23)30(40)26(33)11-5-6-17-32/h2-4,7-10,12-16,19,26-27,34H,5-6,11,17-18,20,32-33H2,1H3/t26-,27?/m0/s1. The summed E-state index contributed by atoms with van der Waals surface area (Å²) in [6.07, 6.45) is 9.32. The summed E-state index contributed by atoms with van der Waals surface area (Å²) in [6, 6.07) is 15.3. The van der Waals surface area contributed by atoms with Crippen LogP contribution in [0.25, 0.3) is 5.57 Å². The van der Waals surface area contributed by atoms with Gasteiger partial charge < -0.3 is 21.1 Å². The van der Waals surface area contributed by atoms with Crippen molar-refractivity contribution in [1.29, 1.82) is 0 Å². The highest BCUT2D eigenvalue weighted by Gasteiger charge is 2.34. The number of ketones is 1. The SMILES string of the molecule is COc1ccc(C2=CC=CC(N3CNCc4cnc(N(C(=O)[C@@H](N)CCCCN)c5ccccc5)nc43)C2=O)cc1. The van der Waals surface area contributed by atoms with Crippen LogP contribution in [0.3, 0.4) is 0 Å². The fraction of sp³-hybridized carbons (Fsp3) is 0.290. The van der Waals surface area contributed by atoms with Gasteiger partial charge in [-0.15, -0.1) is 0 Å². The zero-order chi connectivity index (χ0) is 28.8. The summed E-state index contributed by atoms with van der Waals surface area (Å²) in [5, 5.41) is 3.34. The van der Waals surface area contributed by atoms with Gasteiger partial charge in [-0.05, 0) is 49.2 Å². The molecular formula is C31H35N7O3. The number of ether oxygens (including phenoxy) is 1. The van der Waals surface area contributed by atoms with E-state index in [0.717, 1.165) is 29.7 Å². The molecule has 5 rings (SSSR count). The van der Waals surface area contributed by atoms with Crippen molar-refractivity contribution in [3.05, 3.63) is 90.1 Å². The maximum absolute atomic E-state index is 13.8. The molecule has 5 N–H and O–H groups in total. The van der Waals surface area contributed by atoms with Gasteiger partial charge >= 0.3 is 0 Å². The van der Waals surface area contributed by atoms with E-state index < -0.39 is 12.1 Å². The summed E-state index contributed by atoms with van der Waals surface area (Å²) < 4.78 is 5.27. The first-order valence-corrected chi connectivity index (χ1v) is 13.8. The van der Waals surface area contributed by atoms with Crippen LogP contribution in [0.5, 0.6) is 5.75 Å². The molecule has 0 spiro atoms. The number of unbranched alkanes of at least 4 members (excludes halogenated alkanes) is 1. The highest BCUT2D eigenvalue weighted by Crippen LogP contribution is 2.32. The summed E-state index contributed by atoms with van der Waals surface area (Å²) in [6.45, 7) is 1.48. The lowest BCUT2D eigenvalue weighted by Crippen LogP contribution is -2.49. The van der Waals surface area contributed by atoms with E-state index in [1.165, 1.54) is 4.90 Å². The molecule has 2 aromatic carbocycles. The Labute approximate surface area is 239 Å². The first kappa shape index (κ1) is 28.2. The minimum atomic E-state index is -0.737. The first-order valence-electron chi connectivity index (χ1n) is 13.8. The minimum absolute atomic E-state index is 0.0506. The second-order valence-corrected chi connectivity index (χ2v) is 9.98. The Morgan fingerprint density at radius 2 is 1.95 bits per heavy atom. The number of carbonyl (C=O) groups excluding carboxylic acids is 2. The lowest BCUT2D eigenvalue weighted by atomic mass is 9.92. The van der Waals surface area contributed by atoms with E-state index in [1.807, 2.05) is 77.7 Å². The number of Topliss-reactive ketones (excluding diaryl/α,β-unsaturated/α-hetero) is 1. The molecule has 212 valence electrons. The average molecular weight is 554 g/mol. The van der Waals surface area contributed by atoms with Gasteiger partial charge in [-0.25, -0.2) is 9.88 Å². The number of nitrogens with two attached hydrogens (primary N) is 2. The van der Waals surface area contributed by atoms with E-state index >= 15 is 0 Å². The predicted octanol–water partition coefficient (Wildman–Crippen LogP) is 3.06. The first-order chi connectivity index (χ1) is 20.0. The van der Waals surface area contributed by atoms with Crippen LogP contribution in [0.4, 0.5) is 17.5 Å². The Bertz CT molecular complexity index is 1440. The largest absolute Gasteiger partial charge is 0.497 e.